The minimum absolute atomic E-state index is 0.260. The fourth-order valence-electron chi connectivity index (χ4n) is 2.19. The fraction of sp³-hybridized carbons (Fsp3) is 0.250. The normalized spacial score (nSPS) is 15.0. The summed E-state index contributed by atoms with van der Waals surface area (Å²) in [7, 11) is 0. The highest BCUT2D eigenvalue weighted by atomic mass is 79.9. The van der Waals surface area contributed by atoms with Gasteiger partial charge in [0.2, 0.25) is 5.79 Å². The van der Waals surface area contributed by atoms with Gasteiger partial charge in [-0.2, -0.15) is 0 Å². The van der Waals surface area contributed by atoms with Gasteiger partial charge in [0.05, 0.1) is 4.47 Å². The summed E-state index contributed by atoms with van der Waals surface area (Å²) >= 11 is 3.19. The Bertz CT molecular complexity index is 688. The molecule has 0 amide bonds. The van der Waals surface area contributed by atoms with Gasteiger partial charge in [0.1, 0.15) is 5.82 Å². The average Bonchev–Trinajstić information content (AvgIpc) is 2.73. The zero-order valence-corrected chi connectivity index (χ0v) is 13.3. The number of anilines is 1. The predicted octanol–water partition coefficient (Wildman–Crippen LogP) is 4.71. The molecule has 2 aromatic rings. The van der Waals surface area contributed by atoms with Crippen LogP contribution in [-0.4, -0.2) is 5.79 Å². The van der Waals surface area contributed by atoms with E-state index in [9.17, 15) is 4.39 Å². The minimum Gasteiger partial charge on any atom is -0.449 e. The van der Waals surface area contributed by atoms with Crippen molar-refractivity contribution in [3.63, 3.8) is 0 Å². The predicted molar refractivity (Wildman–Crippen MR) is 83.2 cm³/mol. The molecule has 5 heteroatoms. The SMILES string of the molecule is CC1(C)Oc2ccc(NCc3ccc(F)c(Br)c3)cc2O1. The molecule has 0 aromatic heterocycles. The smallest absolute Gasteiger partial charge is 0.246 e. The van der Waals surface area contributed by atoms with E-state index in [-0.39, 0.29) is 5.82 Å². The summed E-state index contributed by atoms with van der Waals surface area (Å²) in [4.78, 5) is 0. The Balaban J connectivity index is 1.71. The van der Waals surface area contributed by atoms with Gasteiger partial charge in [-0.3, -0.25) is 0 Å². The zero-order chi connectivity index (χ0) is 15.0. The zero-order valence-electron chi connectivity index (χ0n) is 11.7. The molecule has 0 unspecified atom stereocenters. The Kier molecular flexibility index (Phi) is 3.53. The molecule has 0 saturated heterocycles. The largest absolute Gasteiger partial charge is 0.449 e. The lowest BCUT2D eigenvalue weighted by molar-refractivity contribution is -0.0431. The third-order valence-corrected chi connectivity index (χ3v) is 3.74. The van der Waals surface area contributed by atoms with Gasteiger partial charge in [-0.25, -0.2) is 4.39 Å². The average molecular weight is 352 g/mol. The molecule has 21 heavy (non-hydrogen) atoms. The number of hydrogen-bond donors (Lipinski definition) is 1. The van der Waals surface area contributed by atoms with Crippen LogP contribution in [0.3, 0.4) is 0 Å². The number of benzene rings is 2. The number of nitrogens with one attached hydrogen (secondary N) is 1. The maximum Gasteiger partial charge on any atom is 0.246 e. The van der Waals surface area contributed by atoms with Gasteiger partial charge < -0.3 is 14.8 Å². The van der Waals surface area contributed by atoms with Crippen molar-refractivity contribution in [2.75, 3.05) is 5.32 Å². The lowest BCUT2D eigenvalue weighted by Crippen LogP contribution is -2.29. The third-order valence-electron chi connectivity index (χ3n) is 3.14. The van der Waals surface area contributed by atoms with Crippen LogP contribution in [0.25, 0.3) is 0 Å². The Labute approximate surface area is 131 Å². The molecule has 0 saturated carbocycles. The molecule has 3 nitrogen and oxygen atoms in total. The first kappa shape index (κ1) is 14.2. The van der Waals surface area contributed by atoms with Crippen molar-refractivity contribution in [1.82, 2.24) is 0 Å². The molecule has 2 aromatic carbocycles. The fourth-order valence-corrected chi connectivity index (χ4v) is 2.61. The molecular formula is C16H15BrFNO2. The summed E-state index contributed by atoms with van der Waals surface area (Å²) in [6.45, 7) is 4.34. The molecule has 0 spiro atoms. The van der Waals surface area contributed by atoms with Gasteiger partial charge in [-0.15, -0.1) is 0 Å². The summed E-state index contributed by atoms with van der Waals surface area (Å²) in [6, 6.07) is 10.7. The van der Waals surface area contributed by atoms with Crippen molar-refractivity contribution < 1.29 is 13.9 Å². The number of halogens is 2. The van der Waals surface area contributed by atoms with Crippen LogP contribution in [0.5, 0.6) is 11.5 Å². The molecule has 110 valence electrons. The van der Waals surface area contributed by atoms with Crippen molar-refractivity contribution in [2.24, 2.45) is 0 Å². The van der Waals surface area contributed by atoms with Gasteiger partial charge in [0.25, 0.3) is 0 Å². The molecule has 0 radical (unpaired) electrons. The van der Waals surface area contributed by atoms with E-state index in [1.54, 1.807) is 12.1 Å². The van der Waals surface area contributed by atoms with Crippen LogP contribution in [0, 0.1) is 5.82 Å². The molecule has 0 aliphatic carbocycles. The molecule has 0 fully saturated rings. The lowest BCUT2D eigenvalue weighted by Gasteiger charge is -2.16. The van der Waals surface area contributed by atoms with Crippen LogP contribution in [0.15, 0.2) is 40.9 Å². The highest BCUT2D eigenvalue weighted by Gasteiger charge is 2.31. The maximum absolute atomic E-state index is 13.2. The van der Waals surface area contributed by atoms with E-state index in [1.165, 1.54) is 6.07 Å². The number of ether oxygens (including phenoxy) is 2. The quantitative estimate of drug-likeness (QED) is 0.868. The molecule has 1 heterocycles. The Morgan fingerprint density at radius 2 is 1.86 bits per heavy atom. The van der Waals surface area contributed by atoms with Crippen LogP contribution in [0.4, 0.5) is 10.1 Å². The molecule has 1 N–H and O–H groups in total. The minimum atomic E-state index is -0.622. The Morgan fingerprint density at radius 3 is 2.62 bits per heavy atom. The van der Waals surface area contributed by atoms with Crippen molar-refractivity contribution in [3.05, 3.63) is 52.3 Å². The van der Waals surface area contributed by atoms with Gasteiger partial charge in [-0.05, 0) is 45.8 Å². The van der Waals surface area contributed by atoms with E-state index < -0.39 is 5.79 Å². The first-order valence-electron chi connectivity index (χ1n) is 6.63. The summed E-state index contributed by atoms with van der Waals surface area (Å²) in [6.07, 6.45) is 0. The first-order valence-corrected chi connectivity index (χ1v) is 7.42. The maximum atomic E-state index is 13.2. The molecule has 0 atom stereocenters. The molecular weight excluding hydrogens is 337 g/mol. The van der Waals surface area contributed by atoms with Crippen LogP contribution < -0.4 is 14.8 Å². The van der Waals surface area contributed by atoms with E-state index in [0.29, 0.717) is 11.0 Å². The van der Waals surface area contributed by atoms with E-state index in [4.69, 9.17) is 9.47 Å². The van der Waals surface area contributed by atoms with Crippen molar-refractivity contribution in [1.29, 1.82) is 0 Å². The van der Waals surface area contributed by atoms with Crippen LogP contribution in [-0.2, 0) is 6.54 Å². The molecule has 1 aliphatic heterocycles. The van der Waals surface area contributed by atoms with E-state index in [0.717, 1.165) is 22.7 Å². The van der Waals surface area contributed by atoms with Crippen LogP contribution in [0.1, 0.15) is 19.4 Å². The second-order valence-corrected chi connectivity index (χ2v) is 6.22. The monoisotopic (exact) mass is 351 g/mol. The number of hydrogen-bond acceptors (Lipinski definition) is 3. The molecule has 3 rings (SSSR count). The second kappa shape index (κ2) is 5.22. The van der Waals surface area contributed by atoms with Gasteiger partial charge in [0.15, 0.2) is 11.5 Å². The van der Waals surface area contributed by atoms with Gasteiger partial charge in [0, 0.05) is 32.1 Å². The molecule has 1 aliphatic rings. The van der Waals surface area contributed by atoms with Crippen molar-refractivity contribution in [2.45, 2.75) is 26.2 Å². The molecule has 0 bridgehead atoms. The van der Waals surface area contributed by atoms with Gasteiger partial charge in [-0.1, -0.05) is 6.07 Å². The summed E-state index contributed by atoms with van der Waals surface area (Å²) in [5, 5.41) is 3.29. The number of rotatable bonds is 3. The van der Waals surface area contributed by atoms with Crippen molar-refractivity contribution >= 4 is 21.6 Å². The van der Waals surface area contributed by atoms with E-state index in [2.05, 4.69) is 21.2 Å². The summed E-state index contributed by atoms with van der Waals surface area (Å²) in [5.74, 6) is 0.590. The number of fused-ring (bicyclic) bond motifs is 1. The second-order valence-electron chi connectivity index (χ2n) is 5.37. The summed E-state index contributed by atoms with van der Waals surface area (Å²) < 4.78 is 25.0. The van der Waals surface area contributed by atoms with E-state index >= 15 is 0 Å². The lowest BCUT2D eigenvalue weighted by atomic mass is 10.2. The van der Waals surface area contributed by atoms with Crippen LogP contribution >= 0.6 is 15.9 Å². The Morgan fingerprint density at radius 1 is 1.10 bits per heavy atom. The van der Waals surface area contributed by atoms with E-state index in [1.807, 2.05) is 32.0 Å². The first-order chi connectivity index (χ1) is 9.93. The van der Waals surface area contributed by atoms with Crippen molar-refractivity contribution in [3.8, 4) is 11.5 Å². The van der Waals surface area contributed by atoms with Crippen LogP contribution in [0.2, 0.25) is 0 Å². The summed E-state index contributed by atoms with van der Waals surface area (Å²) in [5.41, 5.74) is 1.91. The standard InChI is InChI=1S/C16H15BrFNO2/c1-16(2)20-14-6-4-11(8-15(14)21-16)19-9-10-3-5-13(18)12(17)7-10/h3-8,19H,9H2,1-2H3. The van der Waals surface area contributed by atoms with Gasteiger partial charge >= 0.3 is 0 Å². The topological polar surface area (TPSA) is 30.5 Å². The highest BCUT2D eigenvalue weighted by Crippen LogP contribution is 2.40. The third kappa shape index (κ3) is 3.13. The highest BCUT2D eigenvalue weighted by molar-refractivity contribution is 9.10. The Hall–Kier alpha value is -1.75.